The molecule has 0 fully saturated rings. The van der Waals surface area contributed by atoms with Crippen molar-refractivity contribution >= 4 is 62.3 Å². The summed E-state index contributed by atoms with van der Waals surface area (Å²) in [4.78, 5) is 27.4. The molecule has 180 valence electrons. The van der Waals surface area contributed by atoms with Crippen LogP contribution >= 0.6 is 34.8 Å². The number of carbonyl (C=O) groups excluding carboxylic acids is 2. The molecule has 0 aliphatic rings. The molecule has 0 bridgehead atoms. The molecule has 11 heteroatoms. The molecule has 2 rings (SSSR count). The number of sulfonamides is 1. The van der Waals surface area contributed by atoms with Crippen LogP contribution in [0.1, 0.15) is 24.5 Å². The van der Waals surface area contributed by atoms with Crippen LogP contribution in [0, 0.1) is 6.92 Å². The fourth-order valence-corrected chi connectivity index (χ4v) is 4.99. The zero-order chi connectivity index (χ0) is 24.9. The van der Waals surface area contributed by atoms with E-state index in [2.05, 4.69) is 5.32 Å². The third kappa shape index (κ3) is 6.53. The van der Waals surface area contributed by atoms with Crippen LogP contribution in [0.2, 0.25) is 15.1 Å². The van der Waals surface area contributed by atoms with E-state index in [4.69, 9.17) is 34.8 Å². The maximum Gasteiger partial charge on any atom is 0.244 e. The van der Waals surface area contributed by atoms with Crippen molar-refractivity contribution in [1.82, 2.24) is 10.2 Å². The second kappa shape index (κ2) is 11.4. The Bertz CT molecular complexity index is 1120. The Morgan fingerprint density at radius 1 is 1.03 bits per heavy atom. The van der Waals surface area contributed by atoms with Gasteiger partial charge in [0.05, 0.1) is 11.9 Å². The minimum atomic E-state index is -3.86. The molecule has 0 spiro atoms. The van der Waals surface area contributed by atoms with Gasteiger partial charge in [0.25, 0.3) is 0 Å². The van der Waals surface area contributed by atoms with Crippen molar-refractivity contribution in [2.45, 2.75) is 32.9 Å². The van der Waals surface area contributed by atoms with Gasteiger partial charge in [-0.15, -0.1) is 0 Å². The normalized spacial score (nSPS) is 12.2. The van der Waals surface area contributed by atoms with Gasteiger partial charge in [-0.1, -0.05) is 53.9 Å². The highest BCUT2D eigenvalue weighted by Crippen LogP contribution is 2.30. The fourth-order valence-electron chi connectivity index (χ4n) is 3.40. The number of amides is 2. The Kier molecular flexibility index (Phi) is 9.43. The molecule has 0 aromatic heterocycles. The van der Waals surface area contributed by atoms with E-state index in [9.17, 15) is 18.0 Å². The first kappa shape index (κ1) is 27.2. The molecule has 2 aromatic carbocycles. The van der Waals surface area contributed by atoms with E-state index in [1.807, 2.05) is 0 Å². The number of nitrogens with one attached hydrogen (secondary N) is 1. The number of benzene rings is 2. The Morgan fingerprint density at radius 3 is 2.09 bits per heavy atom. The summed E-state index contributed by atoms with van der Waals surface area (Å²) in [6.45, 7) is 2.82. The highest BCUT2D eigenvalue weighted by atomic mass is 35.5. The zero-order valence-corrected chi connectivity index (χ0v) is 21.8. The first-order chi connectivity index (χ1) is 15.4. The lowest BCUT2D eigenvalue weighted by Crippen LogP contribution is -2.51. The van der Waals surface area contributed by atoms with E-state index in [0.29, 0.717) is 32.6 Å². The van der Waals surface area contributed by atoms with Crippen LogP contribution in [0.3, 0.4) is 0 Å². The van der Waals surface area contributed by atoms with E-state index >= 15 is 0 Å². The van der Waals surface area contributed by atoms with E-state index in [0.717, 1.165) is 10.6 Å². The smallest absolute Gasteiger partial charge is 0.244 e. The molecular weight excluding hydrogens is 509 g/mol. The third-order valence-electron chi connectivity index (χ3n) is 5.21. The molecule has 1 unspecified atom stereocenters. The molecule has 0 saturated heterocycles. The van der Waals surface area contributed by atoms with Crippen LogP contribution in [0.4, 0.5) is 5.69 Å². The molecule has 1 atom stereocenters. The molecule has 7 nitrogen and oxygen atoms in total. The number of anilines is 1. The van der Waals surface area contributed by atoms with Crippen LogP contribution in [0.25, 0.3) is 0 Å². The largest absolute Gasteiger partial charge is 0.357 e. The second-order valence-corrected chi connectivity index (χ2v) is 10.5. The Labute approximate surface area is 209 Å². The standard InChI is InChI=1S/C22H26Cl3N3O4S/c1-5-19(22(30)26-3)27(12-15-17(24)9-6-10-18(15)25)21(29)13-28(33(4,31)32)20-11-7-8-16(23)14(20)2/h6-11,19H,5,12-13H2,1-4H3,(H,26,30). The van der Waals surface area contributed by atoms with Gasteiger partial charge >= 0.3 is 0 Å². The fraction of sp³-hybridized carbons (Fsp3) is 0.364. The lowest BCUT2D eigenvalue weighted by molar-refractivity contribution is -0.140. The SMILES string of the molecule is CCC(C(=O)NC)N(Cc1c(Cl)cccc1Cl)C(=O)CN(c1cccc(Cl)c1C)S(C)(=O)=O. The summed E-state index contributed by atoms with van der Waals surface area (Å²) < 4.78 is 26.3. The molecule has 2 amide bonds. The van der Waals surface area contributed by atoms with Gasteiger partial charge in [0.2, 0.25) is 21.8 Å². The highest BCUT2D eigenvalue weighted by Gasteiger charge is 2.32. The van der Waals surface area contributed by atoms with Crippen molar-refractivity contribution in [2.24, 2.45) is 0 Å². The summed E-state index contributed by atoms with van der Waals surface area (Å²) in [7, 11) is -2.39. The first-order valence-electron chi connectivity index (χ1n) is 10.1. The highest BCUT2D eigenvalue weighted by molar-refractivity contribution is 7.92. The van der Waals surface area contributed by atoms with Crippen molar-refractivity contribution in [3.8, 4) is 0 Å². The number of hydrogen-bond acceptors (Lipinski definition) is 4. The minimum absolute atomic E-state index is 0.0740. The molecule has 0 saturated carbocycles. The maximum absolute atomic E-state index is 13.5. The molecule has 2 aromatic rings. The average molecular weight is 535 g/mol. The van der Waals surface area contributed by atoms with Gasteiger partial charge in [0, 0.05) is 34.2 Å². The van der Waals surface area contributed by atoms with E-state index < -0.39 is 28.5 Å². The molecular formula is C22H26Cl3N3O4S. The lowest BCUT2D eigenvalue weighted by Gasteiger charge is -2.33. The van der Waals surface area contributed by atoms with Gasteiger partial charge in [-0.25, -0.2) is 8.42 Å². The predicted molar refractivity (Wildman–Crippen MR) is 134 cm³/mol. The van der Waals surface area contributed by atoms with E-state index in [1.165, 1.54) is 11.9 Å². The van der Waals surface area contributed by atoms with Gasteiger partial charge in [-0.3, -0.25) is 13.9 Å². The Balaban J connectivity index is 2.54. The van der Waals surface area contributed by atoms with Crippen molar-refractivity contribution in [2.75, 3.05) is 24.2 Å². The van der Waals surface area contributed by atoms with Crippen molar-refractivity contribution in [3.05, 3.63) is 62.6 Å². The van der Waals surface area contributed by atoms with Gasteiger partial charge < -0.3 is 10.2 Å². The van der Waals surface area contributed by atoms with Crippen LogP contribution in [-0.2, 0) is 26.2 Å². The van der Waals surface area contributed by atoms with Gasteiger partial charge in [-0.2, -0.15) is 0 Å². The van der Waals surface area contributed by atoms with Crippen LogP contribution < -0.4 is 9.62 Å². The number of halogens is 3. The summed E-state index contributed by atoms with van der Waals surface area (Å²) >= 11 is 18.8. The summed E-state index contributed by atoms with van der Waals surface area (Å²) in [6.07, 6.45) is 1.30. The lowest BCUT2D eigenvalue weighted by atomic mass is 10.1. The zero-order valence-electron chi connectivity index (χ0n) is 18.7. The third-order valence-corrected chi connectivity index (χ3v) is 7.45. The monoisotopic (exact) mass is 533 g/mol. The Morgan fingerprint density at radius 2 is 1.58 bits per heavy atom. The Hall–Kier alpha value is -2.00. The predicted octanol–water partition coefficient (Wildman–Crippen LogP) is 4.27. The number of rotatable bonds is 9. The molecule has 33 heavy (non-hydrogen) atoms. The average Bonchev–Trinajstić information content (AvgIpc) is 2.74. The van der Waals surface area contributed by atoms with Crippen LogP contribution in [0.15, 0.2) is 36.4 Å². The topological polar surface area (TPSA) is 86.8 Å². The minimum Gasteiger partial charge on any atom is -0.357 e. The van der Waals surface area contributed by atoms with Crippen LogP contribution in [0.5, 0.6) is 0 Å². The van der Waals surface area contributed by atoms with Crippen molar-refractivity contribution in [1.29, 1.82) is 0 Å². The number of hydrogen-bond donors (Lipinski definition) is 1. The summed E-state index contributed by atoms with van der Waals surface area (Å²) in [6, 6.07) is 8.87. The van der Waals surface area contributed by atoms with Crippen molar-refractivity contribution < 1.29 is 18.0 Å². The maximum atomic E-state index is 13.5. The van der Waals surface area contributed by atoms with Crippen LogP contribution in [-0.4, -0.2) is 51.0 Å². The summed E-state index contributed by atoms with van der Waals surface area (Å²) in [5.41, 5.74) is 1.25. The van der Waals surface area contributed by atoms with Crippen molar-refractivity contribution in [3.63, 3.8) is 0 Å². The number of likely N-dealkylation sites (N-methyl/N-ethyl adjacent to an activating group) is 1. The molecule has 0 aliphatic heterocycles. The second-order valence-electron chi connectivity index (χ2n) is 7.41. The number of carbonyl (C=O) groups is 2. The van der Waals surface area contributed by atoms with Gasteiger partial charge in [-0.05, 0) is 43.2 Å². The molecule has 0 aliphatic carbocycles. The molecule has 1 N–H and O–H groups in total. The van der Waals surface area contributed by atoms with Gasteiger partial charge in [0.1, 0.15) is 12.6 Å². The molecule has 0 heterocycles. The summed E-state index contributed by atoms with van der Waals surface area (Å²) in [5, 5.41) is 3.58. The quantitative estimate of drug-likeness (QED) is 0.520. The van der Waals surface area contributed by atoms with E-state index in [1.54, 1.807) is 50.2 Å². The van der Waals surface area contributed by atoms with E-state index in [-0.39, 0.29) is 18.1 Å². The first-order valence-corrected chi connectivity index (χ1v) is 13.1. The number of nitrogens with zero attached hydrogens (tertiary/aromatic N) is 2. The summed E-state index contributed by atoms with van der Waals surface area (Å²) in [5.74, 6) is -0.981. The molecule has 0 radical (unpaired) electrons. The van der Waals surface area contributed by atoms with Gasteiger partial charge in [0.15, 0.2) is 0 Å².